The first-order chi connectivity index (χ1) is 17.8. The van der Waals surface area contributed by atoms with E-state index < -0.39 is 49.9 Å². The molecule has 10 nitrogen and oxygen atoms in total. The number of rotatable bonds is 9. The van der Waals surface area contributed by atoms with Crippen molar-refractivity contribution >= 4 is 40.1 Å². The molecule has 0 radical (unpaired) electrons. The Morgan fingerprint density at radius 3 is 1.26 bits per heavy atom. The average molecular weight is 593 g/mol. The van der Waals surface area contributed by atoms with Crippen LogP contribution in [-0.4, -0.2) is 33.7 Å². The number of nitrogens with one attached hydrogen (secondary N) is 2. The maximum Gasteiger partial charge on any atom is 0.254 e. The second kappa shape index (κ2) is 10.4. The summed E-state index contributed by atoms with van der Waals surface area (Å²) < 4.78 is 107. The van der Waals surface area contributed by atoms with E-state index in [1.165, 1.54) is 48.5 Å². The van der Waals surface area contributed by atoms with Gasteiger partial charge in [0.1, 0.15) is 0 Å². The van der Waals surface area contributed by atoms with Gasteiger partial charge in [0.2, 0.25) is 0 Å². The van der Waals surface area contributed by atoms with Crippen LogP contribution in [0.2, 0.25) is 0 Å². The minimum atomic E-state index is -4.90. The van der Waals surface area contributed by atoms with Gasteiger partial charge in [-0.3, -0.25) is 0 Å². The lowest BCUT2D eigenvalue weighted by atomic mass is 10.1. The van der Waals surface area contributed by atoms with E-state index in [4.69, 9.17) is 0 Å². The van der Waals surface area contributed by atoms with Gasteiger partial charge in [0, 0.05) is 5.56 Å². The highest BCUT2D eigenvalue weighted by atomic mass is 32.3. The van der Waals surface area contributed by atoms with Crippen LogP contribution in [0.5, 0.6) is 0 Å². The molecule has 38 heavy (non-hydrogen) atoms. The van der Waals surface area contributed by atoms with Gasteiger partial charge in [-0.15, -0.1) is 8.25 Å². The largest absolute Gasteiger partial charge is 0.254 e. The summed E-state index contributed by atoms with van der Waals surface area (Å²) in [5, 5.41) is 0. The Hall–Kier alpha value is -3.40. The van der Waals surface area contributed by atoms with Crippen LogP contribution >= 0.6 is 0 Å². The molecule has 198 valence electrons. The van der Waals surface area contributed by atoms with Crippen LogP contribution in [0.15, 0.2) is 129 Å². The van der Waals surface area contributed by atoms with Crippen LogP contribution in [0.4, 0.5) is 0 Å². The minimum absolute atomic E-state index is 0.00812. The Balaban J connectivity index is 1.83. The van der Waals surface area contributed by atoms with Gasteiger partial charge in [0.25, 0.3) is 40.1 Å². The van der Waals surface area contributed by atoms with E-state index >= 15 is 0 Å². The molecule has 0 fully saturated rings. The van der Waals surface area contributed by atoms with E-state index in [2.05, 4.69) is 0 Å². The molecule has 0 amide bonds. The molecule has 0 unspecified atom stereocenters. The minimum Gasteiger partial charge on any atom is -0.206 e. The van der Waals surface area contributed by atoms with E-state index in [-0.39, 0.29) is 15.4 Å². The summed E-state index contributed by atoms with van der Waals surface area (Å²) in [6, 6.07) is 24.3. The maximum atomic E-state index is 13.4. The highest BCUT2D eigenvalue weighted by Gasteiger charge is 2.30. The Morgan fingerprint density at radius 1 is 0.395 bits per heavy atom. The molecule has 4 rings (SSSR count). The van der Waals surface area contributed by atoms with E-state index in [1.54, 1.807) is 50.7 Å². The molecule has 0 atom stereocenters. The number of sulfonamides is 4. The zero-order valence-corrected chi connectivity index (χ0v) is 22.6. The lowest BCUT2D eigenvalue weighted by Crippen LogP contribution is -2.32. The fourth-order valence-electron chi connectivity index (χ4n) is 3.43. The van der Waals surface area contributed by atoms with Crippen LogP contribution in [0.1, 0.15) is 0 Å². The van der Waals surface area contributed by atoms with Gasteiger partial charge < -0.3 is 0 Å². The average Bonchev–Trinajstić information content (AvgIpc) is 2.89. The molecular weight excluding hydrogens is 573 g/mol. The molecule has 0 aliphatic heterocycles. The predicted molar refractivity (Wildman–Crippen MR) is 140 cm³/mol. The van der Waals surface area contributed by atoms with Gasteiger partial charge in [0.05, 0.1) is 19.6 Å². The molecule has 0 aromatic heterocycles. The van der Waals surface area contributed by atoms with Crippen LogP contribution in [0.25, 0.3) is 11.1 Å². The van der Waals surface area contributed by atoms with Gasteiger partial charge in [-0.1, -0.05) is 72.8 Å². The van der Waals surface area contributed by atoms with E-state index in [0.717, 1.165) is 12.1 Å². The second-order valence-electron chi connectivity index (χ2n) is 7.83. The fourth-order valence-corrected chi connectivity index (χ4v) is 9.63. The molecule has 0 heterocycles. The van der Waals surface area contributed by atoms with Crippen molar-refractivity contribution in [2.45, 2.75) is 19.6 Å². The topological polar surface area (TPSA) is 161 Å². The molecule has 0 saturated heterocycles. The summed E-state index contributed by atoms with van der Waals surface area (Å²) in [5.41, 5.74) is 0.338. The summed E-state index contributed by atoms with van der Waals surface area (Å²) in [7, 11) is -18.8. The highest BCUT2D eigenvalue weighted by Crippen LogP contribution is 2.30. The Morgan fingerprint density at radius 2 is 0.789 bits per heavy atom. The van der Waals surface area contributed by atoms with Crippen LogP contribution in [0.3, 0.4) is 0 Å². The molecule has 4 aromatic rings. The second-order valence-corrected chi connectivity index (χ2v) is 15.0. The Kier molecular flexibility index (Phi) is 7.56. The quantitative estimate of drug-likeness (QED) is 0.300. The van der Waals surface area contributed by atoms with Crippen molar-refractivity contribution in [2.75, 3.05) is 0 Å². The van der Waals surface area contributed by atoms with Crippen LogP contribution in [-0.2, 0) is 40.1 Å². The smallest absolute Gasteiger partial charge is 0.206 e. The zero-order valence-electron chi connectivity index (χ0n) is 19.3. The maximum absolute atomic E-state index is 13.4. The monoisotopic (exact) mass is 592 g/mol. The number of benzene rings is 4. The lowest BCUT2D eigenvalue weighted by molar-refractivity contribution is 0.575. The van der Waals surface area contributed by atoms with Crippen molar-refractivity contribution in [1.82, 2.24) is 8.25 Å². The summed E-state index contributed by atoms with van der Waals surface area (Å²) >= 11 is 0. The normalized spacial score (nSPS) is 12.7. The van der Waals surface area contributed by atoms with E-state index in [9.17, 15) is 33.7 Å². The van der Waals surface area contributed by atoms with Crippen molar-refractivity contribution in [3.8, 4) is 11.1 Å². The van der Waals surface area contributed by atoms with Gasteiger partial charge in [-0.05, 0) is 42.0 Å². The van der Waals surface area contributed by atoms with Crippen LogP contribution < -0.4 is 8.25 Å². The third-order valence-corrected chi connectivity index (χ3v) is 12.3. The zero-order chi connectivity index (χ0) is 27.6. The molecular formula is C24H20N2O8S4. The molecule has 0 aliphatic rings. The standard InChI is InChI=1S/C24H20N2O8S4/c27-35(28,20-12-6-2-7-13-20)25-37(31,32)22-16-17-23(19-10-4-1-5-11-19)24(18-22)38(33,34)26-36(29,30)21-14-8-3-9-15-21/h1-18,25-26H. The van der Waals surface area contributed by atoms with Gasteiger partial charge in [0.15, 0.2) is 0 Å². The molecule has 0 bridgehead atoms. The van der Waals surface area contributed by atoms with Gasteiger partial charge >= 0.3 is 0 Å². The molecule has 4 aromatic carbocycles. The predicted octanol–water partition coefficient (Wildman–Crippen LogP) is 2.69. The summed E-state index contributed by atoms with van der Waals surface area (Å²) in [4.78, 5) is -2.06. The third kappa shape index (κ3) is 6.01. The van der Waals surface area contributed by atoms with Crippen molar-refractivity contribution in [3.63, 3.8) is 0 Å². The fraction of sp³-hybridized carbons (Fsp3) is 0. The SMILES string of the molecule is O=S(=O)(NS(=O)(=O)c1ccc(-c2ccccc2)c(S(=O)(=O)NS(=O)(=O)c2ccccc2)c1)c1ccccc1. The van der Waals surface area contributed by atoms with Crippen molar-refractivity contribution in [2.24, 2.45) is 0 Å². The lowest BCUT2D eigenvalue weighted by Gasteiger charge is -2.15. The van der Waals surface area contributed by atoms with Gasteiger partial charge in [-0.25, -0.2) is 33.7 Å². The Labute approximate surface area is 221 Å². The third-order valence-electron chi connectivity index (χ3n) is 5.18. The molecule has 14 heteroatoms. The number of hydrogen-bond acceptors (Lipinski definition) is 8. The molecule has 0 spiro atoms. The van der Waals surface area contributed by atoms with Crippen molar-refractivity contribution in [1.29, 1.82) is 0 Å². The first-order valence-electron chi connectivity index (χ1n) is 10.7. The van der Waals surface area contributed by atoms with Gasteiger partial charge in [-0.2, -0.15) is 0 Å². The first kappa shape index (κ1) is 27.6. The van der Waals surface area contributed by atoms with E-state index in [0.29, 0.717) is 11.6 Å². The molecule has 0 aliphatic carbocycles. The Bertz CT molecular complexity index is 1900. The summed E-state index contributed by atoms with van der Waals surface area (Å²) in [6.07, 6.45) is 0. The summed E-state index contributed by atoms with van der Waals surface area (Å²) in [6.45, 7) is 0. The van der Waals surface area contributed by atoms with Crippen molar-refractivity contribution in [3.05, 3.63) is 109 Å². The van der Waals surface area contributed by atoms with E-state index in [1.807, 2.05) is 0 Å². The highest BCUT2D eigenvalue weighted by molar-refractivity contribution is 8.05. The number of hydrogen-bond donors (Lipinski definition) is 2. The van der Waals surface area contributed by atoms with Crippen LogP contribution in [0, 0.1) is 0 Å². The van der Waals surface area contributed by atoms with Crippen molar-refractivity contribution < 1.29 is 33.7 Å². The first-order valence-corrected chi connectivity index (χ1v) is 16.6. The molecule has 2 N–H and O–H groups in total. The molecule has 0 saturated carbocycles. The summed E-state index contributed by atoms with van der Waals surface area (Å²) in [5.74, 6) is 0.